The van der Waals surface area contributed by atoms with Crippen molar-refractivity contribution in [3.8, 4) is 5.75 Å². The number of hydrogen-bond donors (Lipinski definition) is 0. The van der Waals surface area contributed by atoms with Crippen LogP contribution in [0.2, 0.25) is 0 Å². The Bertz CT molecular complexity index is 3680. The number of allylic oxidation sites excluding steroid dienone is 5. The summed E-state index contributed by atoms with van der Waals surface area (Å²) in [6.07, 6.45) is 30.9. The number of ether oxygens (including phenoxy) is 18. The molecular formula is C94H146O36. The summed E-state index contributed by atoms with van der Waals surface area (Å²) < 4.78 is 78.1. The van der Waals surface area contributed by atoms with Gasteiger partial charge in [-0.15, -0.1) is 0 Å². The van der Waals surface area contributed by atoms with Crippen LogP contribution in [0.3, 0.4) is 0 Å². The van der Waals surface area contributed by atoms with Gasteiger partial charge in [0.1, 0.15) is 5.75 Å². The number of benzene rings is 2. The molecule has 0 heterocycles. The second-order valence-electron chi connectivity index (χ2n) is 20.6. The number of carbonyl (C=O) groups excluding carboxylic acids is 18. The van der Waals surface area contributed by atoms with Crippen molar-refractivity contribution < 1.29 is 172 Å². The van der Waals surface area contributed by atoms with Crippen LogP contribution >= 0.6 is 0 Å². The molecule has 0 aliphatic heterocycles. The lowest BCUT2D eigenvalue weighted by Gasteiger charge is -2.00. The van der Waals surface area contributed by atoms with Gasteiger partial charge in [0.05, 0.1) is 153 Å². The summed E-state index contributed by atoms with van der Waals surface area (Å²) in [7, 11) is 21.8. The largest absolute Gasteiger partial charge is 0.469 e. The van der Waals surface area contributed by atoms with Crippen molar-refractivity contribution in [3.05, 3.63) is 231 Å². The average molecular weight is 1850 g/mol. The van der Waals surface area contributed by atoms with E-state index in [9.17, 15) is 86.3 Å². The summed E-state index contributed by atoms with van der Waals surface area (Å²) in [4.78, 5) is 189. The lowest BCUT2D eigenvalue weighted by Crippen LogP contribution is -2.09. The third-order valence-electron chi connectivity index (χ3n) is 11.7. The zero-order chi connectivity index (χ0) is 96.7. The van der Waals surface area contributed by atoms with Gasteiger partial charge in [0, 0.05) is 77.0 Å². The molecule has 0 bridgehead atoms. The highest BCUT2D eigenvalue weighted by Gasteiger charge is 2.12. The van der Waals surface area contributed by atoms with Gasteiger partial charge in [-0.05, 0) is 56.9 Å². The number of para-hydroxylation sites is 1. The molecule has 0 amide bonds. The van der Waals surface area contributed by atoms with Crippen molar-refractivity contribution in [3.63, 3.8) is 0 Å². The molecule has 36 heteroatoms. The molecule has 2 aromatic rings. The second-order valence-corrected chi connectivity index (χ2v) is 20.6. The molecule has 0 fully saturated rings. The Hall–Kier alpha value is -14.7. The summed E-state index contributed by atoms with van der Waals surface area (Å²) in [5, 5.41) is 0. The predicted octanol–water partition coefficient (Wildman–Crippen LogP) is 14.6. The van der Waals surface area contributed by atoms with Crippen molar-refractivity contribution in [2.24, 2.45) is 0 Å². The van der Waals surface area contributed by atoms with Crippen LogP contribution in [0.25, 0.3) is 6.08 Å². The Balaban J connectivity index is -0.0000000715. The zero-order valence-electron chi connectivity index (χ0n) is 73.6. The minimum absolute atomic E-state index is 0. The van der Waals surface area contributed by atoms with E-state index in [2.05, 4.69) is 113 Å². The number of methoxy groups -OCH3 is 17. The monoisotopic (exact) mass is 1850 g/mol. The molecule has 0 saturated carbocycles. The maximum atomic E-state index is 11.1. The highest BCUT2D eigenvalue weighted by atomic mass is 16.6. The Morgan fingerprint density at radius 1 is 0.308 bits per heavy atom. The van der Waals surface area contributed by atoms with Crippen molar-refractivity contribution >= 4 is 114 Å². The number of hydrogen-bond acceptors (Lipinski definition) is 36. The van der Waals surface area contributed by atoms with E-state index in [1.807, 2.05) is 80.6 Å². The molecule has 0 aromatic heterocycles. The highest BCUT2D eigenvalue weighted by molar-refractivity contribution is 5.96. The minimum Gasteiger partial charge on any atom is -0.469 e. The fourth-order valence-corrected chi connectivity index (χ4v) is 5.22. The van der Waals surface area contributed by atoms with Gasteiger partial charge in [-0.3, -0.25) is 24.0 Å². The van der Waals surface area contributed by atoms with E-state index < -0.39 is 65.7 Å². The molecule has 0 aliphatic carbocycles. The molecule has 2 aromatic carbocycles. The SMILES string of the molecule is C.C.C.C.C.C.C.C=C(C)C(=O)OC.C=C(CC(=O)OC)C(=O)OC.C=C(CC)C(=O)OC.C=C/C=C\C/C=C\CC(=O)OC.C=CC(=O)OC.CCC=CCC(=O)OC.COC(=O)/C=C(/C)C(=O)OC.COC(=O)/C=C/C(=O)OC.COC(=O)/C=C\C(=O)OC.COC(=O)/C=C\C(=O)Oc1ccccc1.COC(=O)/C=C\c1ccccc1.COC(=O)CC=CCC(=O)OC. The Morgan fingerprint density at radius 2 is 0.608 bits per heavy atom. The Labute approximate surface area is 770 Å². The molecule has 738 valence electrons. The molecule has 0 spiro atoms. The highest BCUT2D eigenvalue weighted by Crippen LogP contribution is 2.09. The van der Waals surface area contributed by atoms with Crippen molar-refractivity contribution in [1.29, 1.82) is 0 Å². The van der Waals surface area contributed by atoms with Gasteiger partial charge in [0.15, 0.2) is 0 Å². The van der Waals surface area contributed by atoms with E-state index in [-0.39, 0.29) is 124 Å². The topological polar surface area (TPSA) is 473 Å². The first kappa shape index (κ1) is 156. The molecule has 0 unspecified atom stereocenters. The summed E-state index contributed by atoms with van der Waals surface area (Å²) in [5.41, 5.74) is 2.26. The normalized spacial score (nSPS) is 8.98. The molecule has 0 saturated heterocycles. The second kappa shape index (κ2) is 116. The smallest absolute Gasteiger partial charge is 0.336 e. The van der Waals surface area contributed by atoms with Gasteiger partial charge in [-0.1, -0.05) is 202 Å². The molecule has 0 radical (unpaired) electrons. The van der Waals surface area contributed by atoms with Crippen LogP contribution in [0, 0.1) is 0 Å². The van der Waals surface area contributed by atoms with Crippen LogP contribution in [-0.4, -0.2) is 228 Å². The van der Waals surface area contributed by atoms with Gasteiger partial charge < -0.3 is 85.3 Å². The van der Waals surface area contributed by atoms with E-state index in [0.717, 1.165) is 67.0 Å². The lowest BCUT2D eigenvalue weighted by molar-refractivity contribution is -0.143. The van der Waals surface area contributed by atoms with E-state index in [0.29, 0.717) is 36.2 Å². The zero-order valence-corrected chi connectivity index (χ0v) is 73.6. The maximum absolute atomic E-state index is 11.1. The Morgan fingerprint density at radius 3 is 0.869 bits per heavy atom. The summed E-state index contributed by atoms with van der Waals surface area (Å²) >= 11 is 0. The van der Waals surface area contributed by atoms with E-state index in [4.69, 9.17) is 4.74 Å². The van der Waals surface area contributed by atoms with E-state index in [1.54, 1.807) is 61.6 Å². The van der Waals surface area contributed by atoms with Crippen LogP contribution in [-0.2, 0) is 167 Å². The number of carbonyl (C=O) groups is 18. The first-order valence-electron chi connectivity index (χ1n) is 35.1. The molecule has 36 nitrogen and oxygen atoms in total. The lowest BCUT2D eigenvalue weighted by atomic mass is 10.2. The summed E-state index contributed by atoms with van der Waals surface area (Å²) in [6.45, 7) is 23.8. The average Bonchev–Trinajstić information content (AvgIpc) is 0.937. The van der Waals surface area contributed by atoms with E-state index in [1.165, 1.54) is 134 Å². The van der Waals surface area contributed by atoms with Gasteiger partial charge in [0.25, 0.3) is 0 Å². The van der Waals surface area contributed by atoms with Crippen LogP contribution in [0.5, 0.6) is 5.75 Å². The number of esters is 18. The van der Waals surface area contributed by atoms with Crippen molar-refractivity contribution in [1.82, 2.24) is 0 Å². The van der Waals surface area contributed by atoms with Gasteiger partial charge in [0.2, 0.25) is 0 Å². The maximum Gasteiger partial charge on any atom is 0.336 e. The Kier molecular flexibility index (Phi) is 139. The van der Waals surface area contributed by atoms with Crippen LogP contribution in [0.15, 0.2) is 225 Å². The molecule has 0 N–H and O–H groups in total. The first-order chi connectivity index (χ1) is 58.2. The summed E-state index contributed by atoms with van der Waals surface area (Å²) in [6, 6.07) is 18.2. The van der Waals surface area contributed by atoms with Crippen LogP contribution < -0.4 is 4.74 Å². The number of rotatable bonds is 30. The quantitative estimate of drug-likeness (QED) is 0.0175. The molecule has 0 atom stereocenters. The van der Waals surface area contributed by atoms with Gasteiger partial charge in [-0.2, -0.15) is 0 Å². The fraction of sp³-hybridized carbons (Fsp3) is 0.383. The third kappa shape index (κ3) is 124. The molecule has 0 aliphatic rings. The standard InChI is InChI=1S/C11H10O4.C10H10O2.C10H14O2.C8H12O4.2C7H10O4.C7H12O2.2C6H8O4.C6H10O2.C5H8O2.C4H6O2.7CH4/c1-14-10(12)7-8-11(13)15-9-5-3-2-4-6-9;1-12-10(11)8-7-9-5-3-2-4-6-9;1-3-4-5-6-7-8-9-10(11)12-2;1-11-7(9)5-3-4-6-8(10)12-2;2*1-5(7(9)11-3)4-6(8)10-2;1-3-4-5-6-7(8)9-2;2*1-9-5(7)3-4-6(8)10-2;1-4-5(2)6(7)8-3;1-4(2)5(6)7-3;1-3-4(5)6-2;;;;;;;/h2-8H,1H3;2-8H,1H3;3-5,7-8H,1,6,9H2,2H3;3-4H,5-6H2,1-2H3;4H,1-3H3;1,4H2,2-3H3;4-5H,3,6H2,1-2H3;2*3-4H,1-2H3;2,4H2,1,3H3;1H2,2-3H3;3H,1H2,2H3;7*1H4/b2*8-7-;5-4-,8-7-;;5-4-;;;4-3+;4-3-;;;;;;;;;;. The molecular weight excluding hydrogens is 1700 g/mol. The van der Waals surface area contributed by atoms with Crippen LogP contribution in [0.4, 0.5) is 0 Å². The third-order valence-corrected chi connectivity index (χ3v) is 11.7. The van der Waals surface area contributed by atoms with E-state index >= 15 is 0 Å². The van der Waals surface area contributed by atoms with Crippen molar-refractivity contribution in [2.45, 2.75) is 131 Å². The predicted molar refractivity (Wildman–Crippen MR) is 498 cm³/mol. The fourth-order valence-electron chi connectivity index (χ4n) is 5.22. The van der Waals surface area contributed by atoms with Gasteiger partial charge >= 0.3 is 107 Å². The van der Waals surface area contributed by atoms with Crippen molar-refractivity contribution in [2.75, 3.05) is 121 Å². The molecule has 2 rings (SSSR count). The van der Waals surface area contributed by atoms with Crippen LogP contribution in [0.1, 0.15) is 137 Å². The minimum atomic E-state index is -0.619. The first-order valence-corrected chi connectivity index (χ1v) is 35.1. The van der Waals surface area contributed by atoms with Gasteiger partial charge in [-0.25, -0.2) is 62.3 Å². The summed E-state index contributed by atoms with van der Waals surface area (Å²) in [5.74, 6) is -7.71. The molecule has 130 heavy (non-hydrogen) atoms.